The van der Waals surface area contributed by atoms with Gasteiger partial charge in [-0.25, -0.2) is 4.79 Å². The molecule has 0 spiro atoms. The number of benzene rings is 1. The van der Waals surface area contributed by atoms with Gasteiger partial charge in [0.25, 0.3) is 5.91 Å². The second-order valence-electron chi connectivity index (χ2n) is 7.20. The summed E-state index contributed by atoms with van der Waals surface area (Å²) < 4.78 is 10.3. The highest BCUT2D eigenvalue weighted by atomic mass is 16.6. The second-order valence-corrected chi connectivity index (χ2v) is 7.20. The van der Waals surface area contributed by atoms with Crippen LogP contribution in [-0.4, -0.2) is 63.9 Å². The molecule has 0 saturated heterocycles. The monoisotopic (exact) mass is 407 g/mol. The van der Waals surface area contributed by atoms with Crippen molar-refractivity contribution in [1.29, 1.82) is 0 Å². The average Bonchev–Trinajstić information content (AvgIpc) is 2.67. The van der Waals surface area contributed by atoms with Crippen LogP contribution in [0.4, 0.5) is 4.79 Å². The van der Waals surface area contributed by atoms with Crippen molar-refractivity contribution in [3.63, 3.8) is 0 Å². The van der Waals surface area contributed by atoms with E-state index in [1.807, 2.05) is 20.8 Å². The second kappa shape index (κ2) is 12.5. The zero-order valence-electron chi connectivity index (χ0n) is 17.9. The van der Waals surface area contributed by atoms with Gasteiger partial charge in [-0.3, -0.25) is 9.79 Å². The van der Waals surface area contributed by atoms with Gasteiger partial charge in [0.05, 0.1) is 7.11 Å². The number of nitrogens with one attached hydrogen (secondary N) is 4. The van der Waals surface area contributed by atoms with E-state index in [4.69, 9.17) is 9.47 Å². The minimum Gasteiger partial charge on any atom is -0.497 e. The predicted molar refractivity (Wildman–Crippen MR) is 114 cm³/mol. The molecule has 0 saturated carbocycles. The van der Waals surface area contributed by atoms with Crippen LogP contribution in [0.3, 0.4) is 0 Å². The molecule has 4 N–H and O–H groups in total. The van der Waals surface area contributed by atoms with Crippen LogP contribution >= 0.6 is 0 Å². The highest BCUT2D eigenvalue weighted by Gasteiger charge is 2.15. The van der Waals surface area contributed by atoms with Crippen molar-refractivity contribution < 1.29 is 19.1 Å². The molecule has 9 heteroatoms. The minimum absolute atomic E-state index is 0.165. The Labute approximate surface area is 172 Å². The van der Waals surface area contributed by atoms with Crippen molar-refractivity contribution in [1.82, 2.24) is 21.3 Å². The lowest BCUT2D eigenvalue weighted by molar-refractivity contribution is 0.0527. The van der Waals surface area contributed by atoms with Crippen LogP contribution in [0, 0.1) is 0 Å². The highest BCUT2D eigenvalue weighted by molar-refractivity contribution is 5.94. The van der Waals surface area contributed by atoms with Crippen LogP contribution < -0.4 is 26.0 Å². The quantitative estimate of drug-likeness (QED) is 0.280. The molecule has 162 valence electrons. The Balaban J connectivity index is 2.18. The van der Waals surface area contributed by atoms with Crippen molar-refractivity contribution >= 4 is 18.0 Å². The van der Waals surface area contributed by atoms with E-state index >= 15 is 0 Å². The lowest BCUT2D eigenvalue weighted by atomic mass is 10.2. The van der Waals surface area contributed by atoms with Gasteiger partial charge in [-0.2, -0.15) is 0 Å². The standard InChI is InChI=1S/C20H33N5O4/c1-20(2,3)29-19(27)25-11-7-10-23-18(21-4)24-13-12-22-17(26)15-8-6-9-16(14-15)28-5/h6,8-9,14H,7,10-13H2,1-5H3,(H,22,26)(H,25,27)(H2,21,23,24). The van der Waals surface area contributed by atoms with E-state index in [1.165, 1.54) is 0 Å². The van der Waals surface area contributed by atoms with Gasteiger partial charge in [0, 0.05) is 38.8 Å². The number of carbonyl (C=O) groups is 2. The number of guanidine groups is 1. The van der Waals surface area contributed by atoms with Gasteiger partial charge in [0.1, 0.15) is 11.4 Å². The third-order valence-electron chi connectivity index (χ3n) is 3.57. The molecule has 2 amide bonds. The number of ether oxygens (including phenoxy) is 2. The summed E-state index contributed by atoms with van der Waals surface area (Å²) in [6.07, 6.45) is 0.291. The van der Waals surface area contributed by atoms with Gasteiger partial charge in [0.15, 0.2) is 5.96 Å². The maximum Gasteiger partial charge on any atom is 0.407 e. The first-order chi connectivity index (χ1) is 13.7. The van der Waals surface area contributed by atoms with E-state index in [0.29, 0.717) is 49.9 Å². The van der Waals surface area contributed by atoms with E-state index in [1.54, 1.807) is 38.4 Å². The molecule has 0 heterocycles. The van der Waals surface area contributed by atoms with Crippen LogP contribution in [0.1, 0.15) is 37.6 Å². The van der Waals surface area contributed by atoms with Gasteiger partial charge in [0.2, 0.25) is 0 Å². The molecule has 1 aromatic rings. The predicted octanol–water partition coefficient (Wildman–Crippen LogP) is 1.50. The summed E-state index contributed by atoms with van der Waals surface area (Å²) in [6, 6.07) is 6.98. The largest absolute Gasteiger partial charge is 0.497 e. The molecule has 9 nitrogen and oxygen atoms in total. The molecule has 0 fully saturated rings. The lowest BCUT2D eigenvalue weighted by Crippen LogP contribution is -2.42. The van der Waals surface area contributed by atoms with E-state index in [2.05, 4.69) is 26.3 Å². The number of methoxy groups -OCH3 is 1. The Morgan fingerprint density at radius 1 is 1.00 bits per heavy atom. The van der Waals surface area contributed by atoms with Gasteiger partial charge >= 0.3 is 6.09 Å². The Hall–Kier alpha value is -2.97. The normalized spacial score (nSPS) is 11.4. The molecular weight excluding hydrogens is 374 g/mol. The van der Waals surface area contributed by atoms with Crippen molar-refractivity contribution in [2.24, 2.45) is 4.99 Å². The average molecular weight is 408 g/mol. The fourth-order valence-electron chi connectivity index (χ4n) is 2.24. The lowest BCUT2D eigenvalue weighted by Gasteiger charge is -2.19. The number of rotatable bonds is 9. The number of carbonyl (C=O) groups excluding carboxylic acids is 2. The van der Waals surface area contributed by atoms with Gasteiger partial charge < -0.3 is 30.7 Å². The third-order valence-corrected chi connectivity index (χ3v) is 3.57. The Bertz CT molecular complexity index is 686. The van der Waals surface area contributed by atoms with Crippen LogP contribution in [0.15, 0.2) is 29.3 Å². The van der Waals surface area contributed by atoms with Crippen molar-refractivity contribution in [2.75, 3.05) is 40.3 Å². The smallest absolute Gasteiger partial charge is 0.407 e. The number of nitrogens with zero attached hydrogens (tertiary/aromatic N) is 1. The number of alkyl carbamates (subject to hydrolysis) is 1. The summed E-state index contributed by atoms with van der Waals surface area (Å²) >= 11 is 0. The van der Waals surface area contributed by atoms with E-state index < -0.39 is 11.7 Å². The SMILES string of the molecule is CN=C(NCCCNC(=O)OC(C)(C)C)NCCNC(=O)c1cccc(OC)c1. The molecule has 0 aromatic heterocycles. The Morgan fingerprint density at radius 3 is 2.31 bits per heavy atom. The molecule has 29 heavy (non-hydrogen) atoms. The van der Waals surface area contributed by atoms with Gasteiger partial charge in [-0.15, -0.1) is 0 Å². The van der Waals surface area contributed by atoms with Crippen molar-refractivity contribution in [3.8, 4) is 5.75 Å². The molecule has 1 aromatic carbocycles. The van der Waals surface area contributed by atoms with Crippen molar-refractivity contribution in [2.45, 2.75) is 32.8 Å². The maximum atomic E-state index is 12.1. The van der Waals surface area contributed by atoms with E-state index in [9.17, 15) is 9.59 Å². The first-order valence-corrected chi connectivity index (χ1v) is 9.59. The number of hydrogen-bond donors (Lipinski definition) is 4. The van der Waals surface area contributed by atoms with Crippen molar-refractivity contribution in [3.05, 3.63) is 29.8 Å². The van der Waals surface area contributed by atoms with Gasteiger partial charge in [-0.1, -0.05) is 6.07 Å². The summed E-state index contributed by atoms with van der Waals surface area (Å²) in [7, 11) is 3.23. The molecule has 0 bridgehead atoms. The fraction of sp³-hybridized carbons (Fsp3) is 0.550. The van der Waals surface area contributed by atoms with Crippen LogP contribution in [-0.2, 0) is 4.74 Å². The first-order valence-electron chi connectivity index (χ1n) is 9.59. The topological polar surface area (TPSA) is 113 Å². The maximum absolute atomic E-state index is 12.1. The summed E-state index contributed by atoms with van der Waals surface area (Å²) in [5, 5.41) is 11.8. The molecular formula is C20H33N5O4. The third kappa shape index (κ3) is 10.8. The Kier molecular flexibility index (Phi) is 10.4. The molecule has 1 rings (SSSR count). The summed E-state index contributed by atoms with van der Waals surface area (Å²) in [5.41, 5.74) is 0.0420. The molecule has 0 aliphatic rings. The number of hydrogen-bond acceptors (Lipinski definition) is 5. The summed E-state index contributed by atoms with van der Waals surface area (Å²) in [5.74, 6) is 1.10. The number of amides is 2. The van der Waals surface area contributed by atoms with Crippen LogP contribution in [0.5, 0.6) is 5.75 Å². The zero-order valence-corrected chi connectivity index (χ0v) is 17.9. The van der Waals surface area contributed by atoms with Crippen LogP contribution in [0.25, 0.3) is 0 Å². The molecule has 0 aliphatic heterocycles. The zero-order chi connectivity index (χ0) is 21.7. The minimum atomic E-state index is -0.504. The molecule has 0 aliphatic carbocycles. The van der Waals surface area contributed by atoms with E-state index in [0.717, 1.165) is 0 Å². The van der Waals surface area contributed by atoms with E-state index in [-0.39, 0.29) is 5.91 Å². The highest BCUT2D eigenvalue weighted by Crippen LogP contribution is 2.12. The summed E-state index contributed by atoms with van der Waals surface area (Å²) in [6.45, 7) is 7.55. The summed E-state index contributed by atoms with van der Waals surface area (Å²) in [4.78, 5) is 27.8. The molecule has 0 atom stereocenters. The van der Waals surface area contributed by atoms with Crippen LogP contribution in [0.2, 0.25) is 0 Å². The molecule has 0 unspecified atom stereocenters. The van der Waals surface area contributed by atoms with Gasteiger partial charge in [-0.05, 0) is 45.4 Å². The first kappa shape index (κ1) is 24.1. The fourth-order valence-corrected chi connectivity index (χ4v) is 2.24. The number of aliphatic imine (C=N–C) groups is 1. The Morgan fingerprint density at radius 2 is 1.66 bits per heavy atom. The molecule has 0 radical (unpaired) electrons.